The van der Waals surface area contributed by atoms with Crippen LogP contribution < -0.4 is 4.74 Å². The number of aromatic nitrogens is 3. The van der Waals surface area contributed by atoms with Crippen LogP contribution in [0.3, 0.4) is 0 Å². The highest BCUT2D eigenvalue weighted by atomic mass is 16.5. The Hall–Kier alpha value is -3.10. The molecular weight excluding hydrogens is 444 g/mol. The lowest BCUT2D eigenvalue weighted by Crippen LogP contribution is -2.44. The third-order valence-electron chi connectivity index (χ3n) is 7.05. The quantitative estimate of drug-likeness (QED) is 0.400. The van der Waals surface area contributed by atoms with Crippen molar-refractivity contribution in [3.05, 3.63) is 60.3 Å². The first kappa shape index (κ1) is 25.0. The van der Waals surface area contributed by atoms with E-state index in [0.29, 0.717) is 25.1 Å². The molecule has 1 aromatic carbocycles. The molecule has 1 aliphatic rings. The number of unbranched alkanes of at least 4 members (excludes halogenated alkanes) is 1. The van der Waals surface area contributed by atoms with Gasteiger partial charge in [-0.25, -0.2) is 9.97 Å². The van der Waals surface area contributed by atoms with Gasteiger partial charge in [-0.1, -0.05) is 0 Å². The second-order valence-electron chi connectivity index (χ2n) is 9.29. The van der Waals surface area contributed by atoms with Crippen LogP contribution in [-0.4, -0.2) is 62.8 Å². The number of aryl methyl sites for hydroxylation is 1. The van der Waals surface area contributed by atoms with Crippen LogP contribution in [0.25, 0.3) is 10.9 Å². The number of methoxy groups -OCH3 is 1. The largest absolute Gasteiger partial charge is 0.497 e. The Morgan fingerprint density at radius 3 is 2.77 bits per heavy atom. The molecule has 0 unspecified atom stereocenters. The third-order valence-corrected chi connectivity index (χ3v) is 7.05. The van der Waals surface area contributed by atoms with Crippen molar-refractivity contribution >= 4 is 16.9 Å². The van der Waals surface area contributed by atoms with E-state index >= 15 is 0 Å². The lowest BCUT2D eigenvalue weighted by atomic mass is 9.81. The summed E-state index contributed by atoms with van der Waals surface area (Å²) in [6.07, 6.45) is 9.38. The van der Waals surface area contributed by atoms with Gasteiger partial charge in [0.25, 0.3) is 0 Å². The number of pyridine rings is 1. The topological polar surface area (TPSA) is 109 Å². The van der Waals surface area contributed by atoms with Crippen molar-refractivity contribution < 1.29 is 19.7 Å². The number of aliphatic hydroxyl groups is 1. The molecule has 0 radical (unpaired) electrons. The SMILES string of the molecule is COc1ccc2nccc([C@H](O)CC[C@@H]3CCN(CCCCc4ncccn4)C[C@@H]3C(=O)O)c2c1. The second-order valence-corrected chi connectivity index (χ2v) is 9.29. The Kier molecular flexibility index (Phi) is 8.60. The highest BCUT2D eigenvalue weighted by molar-refractivity contribution is 5.83. The molecule has 2 N–H and O–H groups in total. The smallest absolute Gasteiger partial charge is 0.308 e. The first-order chi connectivity index (χ1) is 17.0. The highest BCUT2D eigenvalue weighted by Gasteiger charge is 2.34. The minimum Gasteiger partial charge on any atom is -0.497 e. The molecule has 1 saturated heterocycles. The number of nitrogens with zero attached hydrogens (tertiary/aromatic N) is 4. The molecule has 0 aliphatic carbocycles. The average Bonchev–Trinajstić information content (AvgIpc) is 2.89. The Labute approximate surface area is 206 Å². The molecule has 0 amide bonds. The molecule has 8 heteroatoms. The normalized spacial score (nSPS) is 19.5. The molecule has 8 nitrogen and oxygen atoms in total. The van der Waals surface area contributed by atoms with Gasteiger partial charge < -0.3 is 19.8 Å². The predicted octanol–water partition coefficient (Wildman–Crippen LogP) is 3.89. The number of benzene rings is 1. The number of hydrogen-bond donors (Lipinski definition) is 2. The zero-order valence-corrected chi connectivity index (χ0v) is 20.2. The summed E-state index contributed by atoms with van der Waals surface area (Å²) in [6, 6.07) is 9.28. The van der Waals surface area contributed by atoms with E-state index in [0.717, 1.165) is 61.1 Å². The van der Waals surface area contributed by atoms with Crippen LogP contribution >= 0.6 is 0 Å². The maximum Gasteiger partial charge on any atom is 0.308 e. The zero-order valence-electron chi connectivity index (χ0n) is 20.2. The lowest BCUT2D eigenvalue weighted by Gasteiger charge is -2.37. The van der Waals surface area contributed by atoms with E-state index in [9.17, 15) is 15.0 Å². The van der Waals surface area contributed by atoms with E-state index in [1.165, 1.54) is 0 Å². The van der Waals surface area contributed by atoms with Crippen molar-refractivity contribution in [2.24, 2.45) is 11.8 Å². The summed E-state index contributed by atoms with van der Waals surface area (Å²) in [6.45, 7) is 2.34. The maximum absolute atomic E-state index is 12.1. The Morgan fingerprint density at radius 1 is 1.17 bits per heavy atom. The molecule has 1 aliphatic heterocycles. The third kappa shape index (κ3) is 6.52. The van der Waals surface area contributed by atoms with Crippen LogP contribution in [0.1, 0.15) is 49.6 Å². The number of carbonyl (C=O) groups is 1. The van der Waals surface area contributed by atoms with Gasteiger partial charge in [0, 0.05) is 36.9 Å². The Bertz CT molecular complexity index is 1110. The van der Waals surface area contributed by atoms with Gasteiger partial charge >= 0.3 is 5.97 Å². The molecule has 1 fully saturated rings. The summed E-state index contributed by atoms with van der Waals surface area (Å²) in [5.41, 5.74) is 1.61. The summed E-state index contributed by atoms with van der Waals surface area (Å²) in [7, 11) is 1.61. The fourth-order valence-corrected chi connectivity index (χ4v) is 5.07. The molecule has 3 heterocycles. The number of aliphatic hydroxyl groups excluding tert-OH is 1. The summed E-state index contributed by atoms with van der Waals surface area (Å²) < 4.78 is 5.33. The van der Waals surface area contributed by atoms with Crippen LogP contribution in [0.5, 0.6) is 5.75 Å². The molecule has 0 spiro atoms. The summed E-state index contributed by atoms with van der Waals surface area (Å²) in [5, 5.41) is 21.8. The molecule has 0 saturated carbocycles. The van der Waals surface area contributed by atoms with E-state index in [1.807, 2.05) is 30.3 Å². The maximum atomic E-state index is 12.1. The van der Waals surface area contributed by atoms with Gasteiger partial charge in [-0.15, -0.1) is 0 Å². The molecular formula is C27H34N4O4. The van der Waals surface area contributed by atoms with Gasteiger partial charge in [-0.05, 0) is 87.0 Å². The van der Waals surface area contributed by atoms with Crippen LogP contribution in [0, 0.1) is 11.8 Å². The van der Waals surface area contributed by atoms with E-state index in [-0.39, 0.29) is 5.92 Å². The van der Waals surface area contributed by atoms with Gasteiger partial charge in [-0.3, -0.25) is 9.78 Å². The number of aliphatic carboxylic acids is 1. The number of carboxylic acids is 1. The minimum absolute atomic E-state index is 0.0544. The molecule has 0 bridgehead atoms. The highest BCUT2D eigenvalue weighted by Crippen LogP contribution is 2.33. The van der Waals surface area contributed by atoms with Crippen molar-refractivity contribution in [3.8, 4) is 5.75 Å². The number of carboxylic acid groups (broad SMARTS) is 1. The van der Waals surface area contributed by atoms with Gasteiger partial charge in [-0.2, -0.15) is 0 Å². The summed E-state index contributed by atoms with van der Waals surface area (Å²) >= 11 is 0. The van der Waals surface area contributed by atoms with E-state index in [1.54, 1.807) is 25.7 Å². The van der Waals surface area contributed by atoms with Crippen molar-refractivity contribution in [2.75, 3.05) is 26.7 Å². The van der Waals surface area contributed by atoms with Crippen molar-refractivity contribution in [3.63, 3.8) is 0 Å². The van der Waals surface area contributed by atoms with Crippen molar-refractivity contribution in [2.45, 2.75) is 44.6 Å². The molecule has 186 valence electrons. The van der Waals surface area contributed by atoms with Crippen molar-refractivity contribution in [1.29, 1.82) is 0 Å². The van der Waals surface area contributed by atoms with Crippen LogP contribution in [0.15, 0.2) is 48.9 Å². The average molecular weight is 479 g/mol. The number of fused-ring (bicyclic) bond motifs is 1. The number of rotatable bonds is 11. The van der Waals surface area contributed by atoms with Gasteiger partial charge in [0.2, 0.25) is 0 Å². The molecule has 35 heavy (non-hydrogen) atoms. The predicted molar refractivity (Wildman–Crippen MR) is 133 cm³/mol. The fraction of sp³-hybridized carbons (Fsp3) is 0.481. The number of ether oxygens (including phenoxy) is 1. The van der Waals surface area contributed by atoms with Gasteiger partial charge in [0.15, 0.2) is 0 Å². The van der Waals surface area contributed by atoms with Crippen LogP contribution in [0.2, 0.25) is 0 Å². The first-order valence-electron chi connectivity index (χ1n) is 12.4. The molecule has 3 aromatic rings. The second kappa shape index (κ2) is 12.0. The monoisotopic (exact) mass is 478 g/mol. The fourth-order valence-electron chi connectivity index (χ4n) is 5.07. The van der Waals surface area contributed by atoms with E-state index in [4.69, 9.17) is 4.74 Å². The first-order valence-corrected chi connectivity index (χ1v) is 12.4. The van der Waals surface area contributed by atoms with Crippen LogP contribution in [-0.2, 0) is 11.2 Å². The molecule has 2 aromatic heterocycles. The minimum atomic E-state index is -0.744. The van der Waals surface area contributed by atoms with E-state index in [2.05, 4.69) is 19.9 Å². The van der Waals surface area contributed by atoms with Gasteiger partial charge in [0.05, 0.1) is 24.6 Å². The lowest BCUT2D eigenvalue weighted by molar-refractivity contribution is -0.146. The summed E-state index contributed by atoms with van der Waals surface area (Å²) in [5.74, 6) is 0.467. The number of piperidine rings is 1. The van der Waals surface area contributed by atoms with Gasteiger partial charge in [0.1, 0.15) is 11.6 Å². The Morgan fingerprint density at radius 2 is 2.00 bits per heavy atom. The molecule has 3 atom stereocenters. The standard InChI is InChI=1S/C27H34N4O4/c1-35-20-7-8-24-22(17-20)21(10-14-28-24)25(32)9-6-19-11-16-31(18-23(19)27(33)34)15-3-2-5-26-29-12-4-13-30-26/h4,7-8,10,12-14,17,19,23,25,32H,2-3,5-6,9,11,15-16,18H2,1H3,(H,33,34)/t19-,23+,25-/m1/s1. The molecule has 4 rings (SSSR count). The van der Waals surface area contributed by atoms with E-state index < -0.39 is 18.0 Å². The zero-order chi connectivity index (χ0) is 24.6. The summed E-state index contributed by atoms with van der Waals surface area (Å²) in [4.78, 5) is 27.2. The van der Waals surface area contributed by atoms with Crippen molar-refractivity contribution in [1.82, 2.24) is 19.9 Å². The number of hydrogen-bond acceptors (Lipinski definition) is 7. The number of likely N-dealkylation sites (tertiary alicyclic amines) is 1. The Balaban J connectivity index is 1.30. The van der Waals surface area contributed by atoms with Crippen LogP contribution in [0.4, 0.5) is 0 Å².